The average molecular weight is 342 g/mol. The van der Waals surface area contributed by atoms with Crippen LogP contribution < -0.4 is 4.72 Å². The second-order valence-electron chi connectivity index (χ2n) is 4.53. The number of nitrogens with zero attached hydrogens (tertiary/aromatic N) is 2. The van der Waals surface area contributed by atoms with E-state index in [4.69, 9.17) is 11.6 Å². The highest BCUT2D eigenvalue weighted by atomic mass is 35.5. The average Bonchev–Trinajstić information content (AvgIpc) is 2.40. The highest BCUT2D eigenvalue weighted by Gasteiger charge is 2.20. The molecule has 0 amide bonds. The molecule has 22 heavy (non-hydrogen) atoms. The van der Waals surface area contributed by atoms with Crippen LogP contribution in [-0.2, 0) is 10.0 Å². The number of nitrogens with one attached hydrogen (secondary N) is 1. The zero-order valence-corrected chi connectivity index (χ0v) is 13.3. The molecule has 7 nitrogen and oxygen atoms in total. The molecule has 0 unspecified atom stereocenters. The normalized spacial score (nSPS) is 11.2. The summed E-state index contributed by atoms with van der Waals surface area (Å²) in [5, 5.41) is 11.1. The molecule has 2 rings (SSSR count). The quantitative estimate of drug-likeness (QED) is 0.680. The predicted molar refractivity (Wildman–Crippen MR) is 82.6 cm³/mol. The van der Waals surface area contributed by atoms with Crippen molar-refractivity contribution in [2.75, 3.05) is 4.72 Å². The fourth-order valence-electron chi connectivity index (χ4n) is 1.87. The van der Waals surface area contributed by atoms with E-state index in [1.165, 1.54) is 31.2 Å². The summed E-state index contributed by atoms with van der Waals surface area (Å²) in [4.78, 5) is 14.1. The number of nitro groups is 1. The van der Waals surface area contributed by atoms with Crippen LogP contribution in [0.1, 0.15) is 11.3 Å². The molecule has 0 spiro atoms. The van der Waals surface area contributed by atoms with Gasteiger partial charge in [-0.3, -0.25) is 14.8 Å². The maximum absolute atomic E-state index is 12.4. The van der Waals surface area contributed by atoms with E-state index in [-0.39, 0.29) is 22.1 Å². The van der Waals surface area contributed by atoms with Gasteiger partial charge in [-0.25, -0.2) is 13.4 Å². The Balaban J connectivity index is 2.39. The van der Waals surface area contributed by atoms with Crippen molar-refractivity contribution in [3.63, 3.8) is 0 Å². The van der Waals surface area contributed by atoms with E-state index in [1.54, 1.807) is 13.0 Å². The van der Waals surface area contributed by atoms with Gasteiger partial charge in [-0.05, 0) is 37.6 Å². The van der Waals surface area contributed by atoms with Gasteiger partial charge >= 0.3 is 0 Å². The third-order valence-corrected chi connectivity index (χ3v) is 4.91. The van der Waals surface area contributed by atoms with Crippen LogP contribution in [0.25, 0.3) is 0 Å². The Morgan fingerprint density at radius 3 is 2.50 bits per heavy atom. The summed E-state index contributed by atoms with van der Waals surface area (Å²) < 4.78 is 27.0. The fraction of sp³-hybridized carbons (Fsp3) is 0.154. The van der Waals surface area contributed by atoms with Crippen LogP contribution in [0.15, 0.2) is 35.2 Å². The van der Waals surface area contributed by atoms with Gasteiger partial charge in [0.25, 0.3) is 15.7 Å². The van der Waals surface area contributed by atoms with E-state index in [1.807, 2.05) is 0 Å². The number of pyridine rings is 1. The van der Waals surface area contributed by atoms with Crippen LogP contribution >= 0.6 is 11.6 Å². The summed E-state index contributed by atoms with van der Waals surface area (Å²) in [5.41, 5.74) is 0.352. The molecular formula is C13H12ClN3O4S. The Morgan fingerprint density at radius 1 is 1.23 bits per heavy atom. The van der Waals surface area contributed by atoms with Gasteiger partial charge in [-0.15, -0.1) is 0 Å². The third-order valence-electron chi connectivity index (χ3n) is 3.00. The predicted octanol–water partition coefficient (Wildman–Crippen LogP) is 3.06. The minimum Gasteiger partial charge on any atom is -0.263 e. The molecule has 0 saturated carbocycles. The number of benzene rings is 1. The molecule has 0 bridgehead atoms. The van der Waals surface area contributed by atoms with Crippen molar-refractivity contribution in [2.45, 2.75) is 18.7 Å². The summed E-state index contributed by atoms with van der Waals surface area (Å²) in [6, 6.07) is 6.97. The van der Waals surface area contributed by atoms with Crippen LogP contribution in [0.4, 0.5) is 11.5 Å². The first-order chi connectivity index (χ1) is 10.2. The number of anilines is 1. The Morgan fingerprint density at radius 2 is 1.91 bits per heavy atom. The Bertz CT molecular complexity index is 852. The van der Waals surface area contributed by atoms with E-state index in [9.17, 15) is 18.5 Å². The molecule has 0 aliphatic rings. The van der Waals surface area contributed by atoms with Gasteiger partial charge in [0, 0.05) is 11.1 Å². The summed E-state index contributed by atoms with van der Waals surface area (Å²) in [6.45, 7) is 3.02. The standard InChI is InChI=1S/C13H12ClN3O4S/c1-8-10(14)4-3-5-12(8)22(20,21)16-13-7-6-11(17(18)19)9(2)15-13/h3-7H,1-2H3,(H,15,16). The maximum Gasteiger partial charge on any atom is 0.290 e. The smallest absolute Gasteiger partial charge is 0.263 e. The van der Waals surface area contributed by atoms with Crippen molar-refractivity contribution >= 4 is 33.1 Å². The van der Waals surface area contributed by atoms with Crippen LogP contribution in [0.3, 0.4) is 0 Å². The van der Waals surface area contributed by atoms with Gasteiger partial charge in [0.15, 0.2) is 0 Å². The summed E-state index contributed by atoms with van der Waals surface area (Å²) in [6.07, 6.45) is 0. The summed E-state index contributed by atoms with van der Waals surface area (Å²) in [5.74, 6) is 0.00229. The number of hydrogen-bond acceptors (Lipinski definition) is 5. The first-order valence-electron chi connectivity index (χ1n) is 6.12. The van der Waals surface area contributed by atoms with Crippen LogP contribution in [-0.4, -0.2) is 18.3 Å². The first kappa shape index (κ1) is 16.2. The highest BCUT2D eigenvalue weighted by Crippen LogP contribution is 2.25. The van der Waals surface area contributed by atoms with Crippen LogP contribution in [0.5, 0.6) is 0 Å². The van der Waals surface area contributed by atoms with Gasteiger partial charge in [0.2, 0.25) is 0 Å². The Hall–Kier alpha value is -2.19. The lowest BCUT2D eigenvalue weighted by Crippen LogP contribution is -2.15. The molecule has 9 heteroatoms. The van der Waals surface area contributed by atoms with E-state index in [0.717, 1.165) is 0 Å². The fourth-order valence-corrected chi connectivity index (χ4v) is 3.38. The van der Waals surface area contributed by atoms with E-state index in [2.05, 4.69) is 9.71 Å². The van der Waals surface area contributed by atoms with Crippen molar-refractivity contribution in [3.05, 3.63) is 56.7 Å². The van der Waals surface area contributed by atoms with Gasteiger partial charge < -0.3 is 0 Å². The number of sulfonamides is 1. The number of hydrogen-bond donors (Lipinski definition) is 1. The molecule has 0 radical (unpaired) electrons. The first-order valence-corrected chi connectivity index (χ1v) is 7.98. The molecule has 1 aromatic heterocycles. The number of halogens is 1. The zero-order chi connectivity index (χ0) is 16.5. The van der Waals surface area contributed by atoms with Crippen molar-refractivity contribution in [3.8, 4) is 0 Å². The molecular weight excluding hydrogens is 330 g/mol. The monoisotopic (exact) mass is 341 g/mol. The summed E-state index contributed by atoms with van der Waals surface area (Å²) in [7, 11) is -3.88. The van der Waals surface area contributed by atoms with Crippen LogP contribution in [0.2, 0.25) is 5.02 Å². The topological polar surface area (TPSA) is 102 Å². The Labute approximate surface area is 132 Å². The third kappa shape index (κ3) is 3.18. The molecule has 0 saturated heterocycles. The molecule has 1 heterocycles. The van der Waals surface area contributed by atoms with Crippen molar-refractivity contribution < 1.29 is 13.3 Å². The Kier molecular flexibility index (Phi) is 4.34. The maximum atomic E-state index is 12.4. The molecule has 0 atom stereocenters. The zero-order valence-electron chi connectivity index (χ0n) is 11.7. The van der Waals surface area contributed by atoms with Gasteiger partial charge in [-0.2, -0.15) is 0 Å². The van der Waals surface area contributed by atoms with Gasteiger partial charge in [-0.1, -0.05) is 17.7 Å². The lowest BCUT2D eigenvalue weighted by atomic mass is 10.2. The molecule has 0 aliphatic heterocycles. The molecule has 1 N–H and O–H groups in total. The molecule has 1 aromatic carbocycles. The SMILES string of the molecule is Cc1nc(NS(=O)(=O)c2cccc(Cl)c2C)ccc1[N+](=O)[O-]. The van der Waals surface area contributed by atoms with Crippen molar-refractivity contribution in [1.82, 2.24) is 4.98 Å². The largest absolute Gasteiger partial charge is 0.290 e. The molecule has 2 aromatic rings. The van der Waals surface area contributed by atoms with Gasteiger partial charge in [0.1, 0.15) is 11.5 Å². The van der Waals surface area contributed by atoms with E-state index in [0.29, 0.717) is 10.6 Å². The second-order valence-corrected chi connectivity index (χ2v) is 6.58. The number of aryl methyl sites for hydroxylation is 1. The van der Waals surface area contributed by atoms with Crippen molar-refractivity contribution in [2.24, 2.45) is 0 Å². The lowest BCUT2D eigenvalue weighted by Gasteiger charge is -2.11. The number of rotatable bonds is 4. The second kappa shape index (κ2) is 5.90. The molecule has 0 fully saturated rings. The lowest BCUT2D eigenvalue weighted by molar-refractivity contribution is -0.385. The minimum absolute atomic E-state index is 0.00229. The highest BCUT2D eigenvalue weighted by molar-refractivity contribution is 7.92. The van der Waals surface area contributed by atoms with Crippen molar-refractivity contribution in [1.29, 1.82) is 0 Å². The minimum atomic E-state index is -3.88. The molecule has 116 valence electrons. The number of aromatic nitrogens is 1. The van der Waals surface area contributed by atoms with E-state index >= 15 is 0 Å². The molecule has 0 aliphatic carbocycles. The van der Waals surface area contributed by atoms with E-state index < -0.39 is 14.9 Å². The van der Waals surface area contributed by atoms with Crippen LogP contribution in [0, 0.1) is 24.0 Å². The van der Waals surface area contributed by atoms with Gasteiger partial charge in [0.05, 0.1) is 9.82 Å². The summed E-state index contributed by atoms with van der Waals surface area (Å²) >= 11 is 5.92.